The normalized spacial score (nSPS) is 15.3. The van der Waals surface area contributed by atoms with Gasteiger partial charge in [-0.2, -0.15) is 0 Å². The molecule has 0 aromatic heterocycles. The Morgan fingerprint density at radius 1 is 1.06 bits per heavy atom. The summed E-state index contributed by atoms with van der Waals surface area (Å²) in [4.78, 5) is 24.4. The van der Waals surface area contributed by atoms with Gasteiger partial charge in [-0.05, 0) is 49.1 Å². The molecule has 1 heterocycles. The Labute approximate surface area is 188 Å². The van der Waals surface area contributed by atoms with Crippen LogP contribution in [-0.4, -0.2) is 38.1 Å². The van der Waals surface area contributed by atoms with Crippen LogP contribution in [0.5, 0.6) is 0 Å². The maximum Gasteiger partial charge on any atom is 0.254 e. The first-order chi connectivity index (χ1) is 14.9. The molecule has 8 heteroatoms. The number of halogens is 3. The van der Waals surface area contributed by atoms with E-state index in [1.807, 2.05) is 12.1 Å². The van der Waals surface area contributed by atoms with Crippen LogP contribution in [0.4, 0.5) is 8.78 Å². The lowest BCUT2D eigenvalue weighted by atomic mass is 9.74. The van der Waals surface area contributed by atoms with Crippen molar-refractivity contribution in [1.29, 1.82) is 0 Å². The average molecular weight is 495 g/mol. The van der Waals surface area contributed by atoms with Crippen LogP contribution in [0.1, 0.15) is 41.6 Å². The van der Waals surface area contributed by atoms with Crippen molar-refractivity contribution in [3.05, 3.63) is 69.7 Å². The van der Waals surface area contributed by atoms with Gasteiger partial charge in [0.1, 0.15) is 11.6 Å². The summed E-state index contributed by atoms with van der Waals surface area (Å²) in [5, 5.41) is 5.58. The van der Waals surface area contributed by atoms with Crippen LogP contribution < -0.4 is 10.6 Å². The van der Waals surface area contributed by atoms with Crippen LogP contribution in [0.25, 0.3) is 0 Å². The highest BCUT2D eigenvalue weighted by molar-refractivity contribution is 9.10. The molecule has 1 fully saturated rings. The maximum atomic E-state index is 13.6. The van der Waals surface area contributed by atoms with E-state index in [4.69, 9.17) is 4.74 Å². The molecule has 0 bridgehead atoms. The molecule has 0 unspecified atom stereocenters. The van der Waals surface area contributed by atoms with Crippen molar-refractivity contribution in [3.63, 3.8) is 0 Å². The van der Waals surface area contributed by atoms with Crippen molar-refractivity contribution >= 4 is 27.7 Å². The summed E-state index contributed by atoms with van der Waals surface area (Å²) in [6.45, 7) is 2.02. The van der Waals surface area contributed by atoms with E-state index in [0.717, 1.165) is 29.4 Å². The Balaban J connectivity index is 1.47. The molecule has 0 radical (unpaired) electrons. The number of amides is 2. The van der Waals surface area contributed by atoms with Crippen molar-refractivity contribution in [1.82, 2.24) is 10.6 Å². The van der Waals surface area contributed by atoms with Gasteiger partial charge in [0, 0.05) is 48.7 Å². The fourth-order valence-electron chi connectivity index (χ4n) is 3.72. The summed E-state index contributed by atoms with van der Waals surface area (Å²) in [6.07, 6.45) is 2.29. The maximum absolute atomic E-state index is 13.6. The monoisotopic (exact) mass is 494 g/mol. The topological polar surface area (TPSA) is 67.4 Å². The zero-order chi connectivity index (χ0) is 22.3. The van der Waals surface area contributed by atoms with Gasteiger partial charge in [0.25, 0.3) is 5.91 Å². The zero-order valence-corrected chi connectivity index (χ0v) is 18.6. The summed E-state index contributed by atoms with van der Waals surface area (Å²) < 4.78 is 33.1. The minimum atomic E-state index is -0.912. The summed E-state index contributed by atoms with van der Waals surface area (Å²) in [7, 11) is 0. The van der Waals surface area contributed by atoms with E-state index in [1.54, 1.807) is 0 Å². The Hall–Kier alpha value is -2.32. The number of carbonyl (C=O) groups is 2. The lowest BCUT2D eigenvalue weighted by molar-refractivity contribution is -0.121. The highest BCUT2D eigenvalue weighted by atomic mass is 79.9. The summed E-state index contributed by atoms with van der Waals surface area (Å²) in [5.41, 5.74) is 0.770. The predicted octanol–water partition coefficient (Wildman–Crippen LogP) is 4.10. The Morgan fingerprint density at radius 2 is 1.84 bits per heavy atom. The van der Waals surface area contributed by atoms with Gasteiger partial charge in [0.05, 0.1) is 5.56 Å². The second kappa shape index (κ2) is 10.8. The van der Waals surface area contributed by atoms with Gasteiger partial charge in [-0.15, -0.1) is 0 Å². The first-order valence-corrected chi connectivity index (χ1v) is 11.0. The first kappa shape index (κ1) is 23.3. The molecule has 2 amide bonds. The molecule has 2 aromatic rings. The molecule has 1 aliphatic heterocycles. The molecule has 1 aliphatic rings. The third-order valence-corrected chi connectivity index (χ3v) is 6.05. The number of rotatable bonds is 8. The fraction of sp³-hybridized carbons (Fsp3) is 0.391. The van der Waals surface area contributed by atoms with Crippen LogP contribution in [-0.2, 0) is 14.9 Å². The Kier molecular flexibility index (Phi) is 8.15. The van der Waals surface area contributed by atoms with Crippen LogP contribution in [0, 0.1) is 11.6 Å². The molecule has 1 saturated heterocycles. The van der Waals surface area contributed by atoms with Gasteiger partial charge in [0.15, 0.2) is 0 Å². The highest BCUT2D eigenvalue weighted by Gasteiger charge is 2.34. The third-order valence-electron chi connectivity index (χ3n) is 5.55. The molecule has 0 atom stereocenters. The SMILES string of the molecule is O=C(CCCNC(=O)c1ccc(F)cc1F)NCC1(c2cccc(Br)c2)CCOCC1. The minimum absolute atomic E-state index is 0.108. The van der Waals surface area contributed by atoms with Crippen LogP contribution in [0.3, 0.4) is 0 Å². The van der Waals surface area contributed by atoms with E-state index in [2.05, 4.69) is 38.7 Å². The number of ether oxygens (including phenoxy) is 1. The predicted molar refractivity (Wildman–Crippen MR) is 117 cm³/mol. The molecular formula is C23H25BrF2N2O3. The molecule has 3 rings (SSSR count). The molecule has 2 aromatic carbocycles. The van der Waals surface area contributed by atoms with Crippen LogP contribution in [0.2, 0.25) is 0 Å². The zero-order valence-electron chi connectivity index (χ0n) is 17.1. The van der Waals surface area contributed by atoms with Gasteiger partial charge < -0.3 is 15.4 Å². The summed E-state index contributed by atoms with van der Waals surface area (Å²) >= 11 is 3.52. The van der Waals surface area contributed by atoms with Crippen molar-refractivity contribution < 1.29 is 23.1 Å². The first-order valence-electron chi connectivity index (χ1n) is 10.2. The van der Waals surface area contributed by atoms with Crippen LogP contribution >= 0.6 is 15.9 Å². The number of hydrogen-bond donors (Lipinski definition) is 2. The van der Waals surface area contributed by atoms with Gasteiger partial charge in [-0.1, -0.05) is 28.1 Å². The number of nitrogens with one attached hydrogen (secondary N) is 2. The van der Waals surface area contributed by atoms with Gasteiger partial charge >= 0.3 is 0 Å². The second-order valence-electron chi connectivity index (χ2n) is 7.66. The molecular weight excluding hydrogens is 470 g/mol. The molecule has 2 N–H and O–H groups in total. The summed E-state index contributed by atoms with van der Waals surface area (Å²) in [5.74, 6) is -2.39. The Morgan fingerprint density at radius 3 is 2.55 bits per heavy atom. The molecule has 0 saturated carbocycles. The van der Waals surface area contributed by atoms with E-state index in [9.17, 15) is 18.4 Å². The van der Waals surface area contributed by atoms with Gasteiger partial charge in [-0.3, -0.25) is 9.59 Å². The van der Waals surface area contributed by atoms with E-state index in [-0.39, 0.29) is 29.9 Å². The largest absolute Gasteiger partial charge is 0.381 e. The third kappa shape index (κ3) is 6.33. The summed E-state index contributed by atoms with van der Waals surface area (Å²) in [6, 6.07) is 10.9. The average Bonchev–Trinajstić information content (AvgIpc) is 2.76. The fourth-order valence-corrected chi connectivity index (χ4v) is 4.12. The standard InChI is InChI=1S/C23H25BrF2N2O3/c24-17-4-1-3-16(13-17)23(8-11-31-12-9-23)15-28-21(29)5-2-10-27-22(30)19-7-6-18(25)14-20(19)26/h1,3-4,6-7,13-14H,2,5,8-12,15H2,(H,27,30)(H,28,29). The van der Waals surface area contributed by atoms with Gasteiger partial charge in [0.2, 0.25) is 5.91 Å². The van der Waals surface area contributed by atoms with Crippen molar-refractivity contribution in [3.8, 4) is 0 Å². The van der Waals surface area contributed by atoms with E-state index in [0.29, 0.717) is 32.2 Å². The number of hydrogen-bond acceptors (Lipinski definition) is 3. The van der Waals surface area contributed by atoms with Crippen molar-refractivity contribution in [2.75, 3.05) is 26.3 Å². The van der Waals surface area contributed by atoms with E-state index < -0.39 is 17.5 Å². The molecule has 5 nitrogen and oxygen atoms in total. The Bertz CT molecular complexity index is 933. The lowest BCUT2D eigenvalue weighted by Gasteiger charge is -2.38. The highest BCUT2D eigenvalue weighted by Crippen LogP contribution is 2.35. The molecule has 0 spiro atoms. The quantitative estimate of drug-likeness (QED) is 0.542. The van der Waals surface area contributed by atoms with E-state index in [1.165, 1.54) is 5.56 Å². The molecule has 166 valence electrons. The minimum Gasteiger partial charge on any atom is -0.381 e. The molecule has 31 heavy (non-hydrogen) atoms. The van der Waals surface area contributed by atoms with E-state index >= 15 is 0 Å². The second-order valence-corrected chi connectivity index (χ2v) is 8.58. The van der Waals surface area contributed by atoms with Crippen molar-refractivity contribution in [2.24, 2.45) is 0 Å². The molecule has 0 aliphatic carbocycles. The lowest BCUT2D eigenvalue weighted by Crippen LogP contribution is -2.44. The number of benzene rings is 2. The van der Waals surface area contributed by atoms with Crippen molar-refractivity contribution in [2.45, 2.75) is 31.1 Å². The number of carbonyl (C=O) groups excluding carboxylic acids is 2. The van der Waals surface area contributed by atoms with Gasteiger partial charge in [-0.25, -0.2) is 8.78 Å². The van der Waals surface area contributed by atoms with Crippen LogP contribution in [0.15, 0.2) is 46.9 Å². The smallest absolute Gasteiger partial charge is 0.254 e.